The number of nitrogens with zero attached hydrogens (tertiary/aromatic N) is 2. The molecule has 1 atom stereocenters. The Morgan fingerprint density at radius 1 is 1.15 bits per heavy atom. The molecular formula is C17H31N3. The van der Waals surface area contributed by atoms with Crippen molar-refractivity contribution in [1.82, 2.24) is 15.2 Å². The van der Waals surface area contributed by atoms with E-state index in [4.69, 9.17) is 4.98 Å². The van der Waals surface area contributed by atoms with Crippen LogP contribution in [0.2, 0.25) is 0 Å². The molecule has 0 bridgehead atoms. The third kappa shape index (κ3) is 5.59. The molecule has 1 N–H and O–H groups in total. The van der Waals surface area contributed by atoms with Crippen molar-refractivity contribution in [3.05, 3.63) is 29.6 Å². The second-order valence-electron chi connectivity index (χ2n) is 7.11. The van der Waals surface area contributed by atoms with Gasteiger partial charge in [-0.15, -0.1) is 0 Å². The molecule has 0 fully saturated rings. The molecule has 1 heterocycles. The summed E-state index contributed by atoms with van der Waals surface area (Å²) in [7, 11) is 2.18. The highest BCUT2D eigenvalue weighted by Gasteiger charge is 2.23. The summed E-state index contributed by atoms with van der Waals surface area (Å²) >= 11 is 0. The van der Waals surface area contributed by atoms with Crippen LogP contribution in [0.15, 0.2) is 18.2 Å². The minimum atomic E-state index is 0.283. The second-order valence-corrected chi connectivity index (χ2v) is 7.11. The fraction of sp³-hybridized carbons (Fsp3) is 0.706. The molecule has 0 aliphatic heterocycles. The van der Waals surface area contributed by atoms with Gasteiger partial charge in [-0.2, -0.15) is 0 Å². The molecule has 0 radical (unpaired) electrons. The van der Waals surface area contributed by atoms with Gasteiger partial charge in [0, 0.05) is 25.2 Å². The van der Waals surface area contributed by atoms with Gasteiger partial charge in [-0.25, -0.2) is 0 Å². The monoisotopic (exact) mass is 277 g/mol. The van der Waals surface area contributed by atoms with E-state index in [1.54, 1.807) is 0 Å². The average Bonchev–Trinajstić information content (AvgIpc) is 2.34. The molecule has 0 saturated heterocycles. The Balaban J connectivity index is 2.66. The number of pyridine rings is 1. The summed E-state index contributed by atoms with van der Waals surface area (Å²) in [6, 6.07) is 7.32. The molecule has 20 heavy (non-hydrogen) atoms. The molecule has 0 amide bonds. The van der Waals surface area contributed by atoms with Gasteiger partial charge in [0.1, 0.15) is 0 Å². The van der Waals surface area contributed by atoms with Crippen molar-refractivity contribution >= 4 is 0 Å². The van der Waals surface area contributed by atoms with Crippen LogP contribution in [-0.2, 0) is 13.1 Å². The molecule has 0 aromatic carbocycles. The normalized spacial score (nSPS) is 14.1. The van der Waals surface area contributed by atoms with Gasteiger partial charge < -0.3 is 5.32 Å². The predicted octanol–water partition coefficient (Wildman–Crippen LogP) is 3.45. The van der Waals surface area contributed by atoms with Gasteiger partial charge in [0.05, 0.1) is 11.4 Å². The Hall–Kier alpha value is -0.930. The standard InChI is InChI=1S/C17H31N3/c1-13(2)18-11-15-9-8-10-16(19-15)12-20(7)14(3)17(4,5)6/h8-10,13-14,18H,11-12H2,1-7H3. The Morgan fingerprint density at radius 3 is 2.30 bits per heavy atom. The summed E-state index contributed by atoms with van der Waals surface area (Å²) in [5.74, 6) is 0. The van der Waals surface area contributed by atoms with Crippen LogP contribution in [0.3, 0.4) is 0 Å². The summed E-state index contributed by atoms with van der Waals surface area (Å²) < 4.78 is 0. The van der Waals surface area contributed by atoms with E-state index < -0.39 is 0 Å². The number of aromatic nitrogens is 1. The van der Waals surface area contributed by atoms with Crippen LogP contribution in [0.4, 0.5) is 0 Å². The minimum Gasteiger partial charge on any atom is -0.309 e. The van der Waals surface area contributed by atoms with Crippen LogP contribution in [0.25, 0.3) is 0 Å². The fourth-order valence-corrected chi connectivity index (χ4v) is 2.08. The quantitative estimate of drug-likeness (QED) is 0.863. The van der Waals surface area contributed by atoms with Crippen molar-refractivity contribution in [2.75, 3.05) is 7.05 Å². The molecule has 1 aromatic heterocycles. The van der Waals surface area contributed by atoms with Crippen molar-refractivity contribution in [1.29, 1.82) is 0 Å². The molecule has 0 spiro atoms. The highest BCUT2D eigenvalue weighted by Crippen LogP contribution is 2.23. The van der Waals surface area contributed by atoms with Gasteiger partial charge in [0.2, 0.25) is 0 Å². The summed E-state index contributed by atoms with van der Waals surface area (Å²) in [4.78, 5) is 7.12. The highest BCUT2D eigenvalue weighted by atomic mass is 15.1. The largest absolute Gasteiger partial charge is 0.309 e. The first-order chi connectivity index (χ1) is 9.20. The lowest BCUT2D eigenvalue weighted by atomic mass is 9.87. The van der Waals surface area contributed by atoms with Gasteiger partial charge >= 0.3 is 0 Å². The predicted molar refractivity (Wildman–Crippen MR) is 86.6 cm³/mol. The molecule has 114 valence electrons. The van der Waals surface area contributed by atoms with E-state index in [0.29, 0.717) is 12.1 Å². The first-order valence-corrected chi connectivity index (χ1v) is 7.58. The maximum absolute atomic E-state index is 4.74. The first-order valence-electron chi connectivity index (χ1n) is 7.58. The van der Waals surface area contributed by atoms with Crippen molar-refractivity contribution in [2.24, 2.45) is 5.41 Å². The molecular weight excluding hydrogens is 246 g/mol. The van der Waals surface area contributed by atoms with E-state index in [9.17, 15) is 0 Å². The maximum atomic E-state index is 4.74. The number of nitrogens with one attached hydrogen (secondary N) is 1. The van der Waals surface area contributed by atoms with Crippen molar-refractivity contribution in [3.63, 3.8) is 0 Å². The van der Waals surface area contributed by atoms with Gasteiger partial charge in [0.15, 0.2) is 0 Å². The van der Waals surface area contributed by atoms with Crippen LogP contribution in [-0.4, -0.2) is 29.0 Å². The van der Waals surface area contributed by atoms with Crippen LogP contribution in [0.5, 0.6) is 0 Å². The lowest BCUT2D eigenvalue weighted by Gasteiger charge is -2.35. The lowest BCUT2D eigenvalue weighted by Crippen LogP contribution is -2.39. The van der Waals surface area contributed by atoms with E-state index in [-0.39, 0.29) is 5.41 Å². The lowest BCUT2D eigenvalue weighted by molar-refractivity contribution is 0.133. The molecule has 0 saturated carbocycles. The van der Waals surface area contributed by atoms with E-state index in [2.05, 4.69) is 77.0 Å². The fourth-order valence-electron chi connectivity index (χ4n) is 2.08. The third-order valence-electron chi connectivity index (χ3n) is 3.88. The zero-order valence-electron chi connectivity index (χ0n) is 14.2. The maximum Gasteiger partial charge on any atom is 0.0547 e. The molecule has 1 aromatic rings. The van der Waals surface area contributed by atoms with Crippen LogP contribution in [0, 0.1) is 5.41 Å². The van der Waals surface area contributed by atoms with Crippen LogP contribution < -0.4 is 5.32 Å². The Morgan fingerprint density at radius 2 is 1.75 bits per heavy atom. The van der Waals surface area contributed by atoms with Crippen LogP contribution >= 0.6 is 0 Å². The molecule has 1 unspecified atom stereocenters. The number of hydrogen-bond donors (Lipinski definition) is 1. The Bertz CT molecular complexity index is 407. The zero-order chi connectivity index (χ0) is 15.3. The Kier molecular flexibility index (Phi) is 6.15. The van der Waals surface area contributed by atoms with Crippen molar-refractivity contribution < 1.29 is 0 Å². The number of hydrogen-bond acceptors (Lipinski definition) is 3. The van der Waals surface area contributed by atoms with Gasteiger partial charge in [-0.1, -0.05) is 40.7 Å². The van der Waals surface area contributed by atoms with Crippen molar-refractivity contribution in [3.8, 4) is 0 Å². The zero-order valence-corrected chi connectivity index (χ0v) is 14.2. The van der Waals surface area contributed by atoms with Gasteiger partial charge in [0.25, 0.3) is 0 Å². The molecule has 0 aliphatic rings. The second kappa shape index (κ2) is 7.19. The van der Waals surface area contributed by atoms with E-state index >= 15 is 0 Å². The molecule has 3 nitrogen and oxygen atoms in total. The van der Waals surface area contributed by atoms with E-state index in [1.165, 1.54) is 0 Å². The number of rotatable bonds is 6. The Labute approximate surface area is 124 Å². The molecule has 0 aliphatic carbocycles. The topological polar surface area (TPSA) is 28.2 Å². The van der Waals surface area contributed by atoms with Crippen LogP contribution in [0.1, 0.15) is 52.9 Å². The van der Waals surface area contributed by atoms with Crippen molar-refractivity contribution in [2.45, 2.75) is 66.7 Å². The average molecular weight is 277 g/mol. The summed E-state index contributed by atoms with van der Waals surface area (Å²) in [5, 5.41) is 3.41. The summed E-state index contributed by atoms with van der Waals surface area (Å²) in [6.07, 6.45) is 0. The SMILES string of the molecule is CC(C)NCc1cccc(CN(C)C(C)C(C)(C)C)n1. The molecule has 3 heteroatoms. The third-order valence-corrected chi connectivity index (χ3v) is 3.88. The minimum absolute atomic E-state index is 0.283. The summed E-state index contributed by atoms with van der Waals surface area (Å²) in [6.45, 7) is 15.2. The highest BCUT2D eigenvalue weighted by molar-refractivity contribution is 5.11. The first kappa shape index (κ1) is 17.1. The van der Waals surface area contributed by atoms with Gasteiger partial charge in [-0.05, 0) is 31.5 Å². The van der Waals surface area contributed by atoms with E-state index in [0.717, 1.165) is 24.5 Å². The van der Waals surface area contributed by atoms with Gasteiger partial charge in [-0.3, -0.25) is 9.88 Å². The smallest absolute Gasteiger partial charge is 0.0547 e. The molecule has 1 rings (SSSR count). The van der Waals surface area contributed by atoms with E-state index in [1.807, 2.05) is 0 Å². The summed E-state index contributed by atoms with van der Waals surface area (Å²) in [5.41, 5.74) is 2.55.